The number of aromatic nitrogens is 1. The van der Waals surface area contributed by atoms with Crippen molar-refractivity contribution in [1.29, 1.82) is 0 Å². The number of aliphatic hydroxyl groups excluding tert-OH is 1. The number of alkyl halides is 4. The van der Waals surface area contributed by atoms with Crippen LogP contribution in [0, 0.1) is 0 Å². The predicted molar refractivity (Wildman–Crippen MR) is 145 cm³/mol. The standard InChI is InChI=1S/C30H31F5N2O5/c1-17-11-18(5-4-6-22(17)32)27-24(40-2)9-10-26(37-27)29(16-38,30(33,34)35)15-36-28(39)19-7-8-23(25(12-19)41-3)42-21-13-20(31)14-21/h4-5,7-12,20-21,38H,6,13-16H2,1-3H3,(H,36,39). The maximum atomic E-state index is 14.7. The highest BCUT2D eigenvalue weighted by molar-refractivity contribution is 5.95. The maximum Gasteiger partial charge on any atom is 0.403 e. The monoisotopic (exact) mass is 594 g/mol. The molecule has 1 heterocycles. The number of halogens is 5. The number of rotatable bonds is 10. The summed E-state index contributed by atoms with van der Waals surface area (Å²) in [7, 11) is 2.66. The normalized spacial score (nSPS) is 20.2. The Balaban J connectivity index is 1.64. The van der Waals surface area contributed by atoms with Crippen molar-refractivity contribution < 1.29 is 46.1 Å². The van der Waals surface area contributed by atoms with Gasteiger partial charge in [-0.3, -0.25) is 4.79 Å². The molecule has 0 spiro atoms. The van der Waals surface area contributed by atoms with Gasteiger partial charge in [-0.25, -0.2) is 13.8 Å². The Morgan fingerprint density at radius 2 is 1.79 bits per heavy atom. The quantitative estimate of drug-likeness (QED) is 0.339. The van der Waals surface area contributed by atoms with Crippen LogP contribution in [0.15, 0.2) is 60.0 Å². The first kappa shape index (κ1) is 31.0. The minimum absolute atomic E-state index is 0.0134. The van der Waals surface area contributed by atoms with Crippen LogP contribution in [0.5, 0.6) is 17.2 Å². The number of carbonyl (C=O) groups excluding carboxylic acids is 1. The van der Waals surface area contributed by atoms with Gasteiger partial charge in [0.1, 0.15) is 35.0 Å². The molecule has 0 saturated heterocycles. The topological polar surface area (TPSA) is 89.9 Å². The molecule has 1 amide bonds. The van der Waals surface area contributed by atoms with Crippen LogP contribution in [0.25, 0.3) is 5.57 Å². The Hall–Kier alpha value is -3.93. The molecule has 4 rings (SSSR count). The maximum absolute atomic E-state index is 14.7. The lowest BCUT2D eigenvalue weighted by molar-refractivity contribution is -0.200. The zero-order valence-corrected chi connectivity index (χ0v) is 23.2. The Bertz CT molecular complexity index is 1420. The first-order chi connectivity index (χ1) is 19.9. The molecule has 2 aliphatic rings. The summed E-state index contributed by atoms with van der Waals surface area (Å²) in [5.74, 6) is -0.699. The molecule has 0 radical (unpaired) electrons. The van der Waals surface area contributed by atoms with E-state index in [0.717, 1.165) is 6.07 Å². The smallest absolute Gasteiger partial charge is 0.403 e. The molecule has 1 atom stereocenters. The van der Waals surface area contributed by atoms with Gasteiger partial charge < -0.3 is 24.6 Å². The lowest BCUT2D eigenvalue weighted by Crippen LogP contribution is -2.54. The summed E-state index contributed by atoms with van der Waals surface area (Å²) in [6, 6.07) is 6.42. The fraction of sp³-hybridized carbons (Fsp3) is 0.400. The number of benzene rings is 1. The van der Waals surface area contributed by atoms with Gasteiger partial charge in [-0.05, 0) is 48.9 Å². The van der Waals surface area contributed by atoms with Gasteiger partial charge in [0.2, 0.25) is 0 Å². The van der Waals surface area contributed by atoms with Gasteiger partial charge in [0.05, 0.1) is 26.5 Å². The Kier molecular flexibility index (Phi) is 9.24. The van der Waals surface area contributed by atoms with Gasteiger partial charge in [-0.2, -0.15) is 13.2 Å². The highest BCUT2D eigenvalue weighted by Crippen LogP contribution is 2.42. The van der Waals surface area contributed by atoms with E-state index in [1.807, 2.05) is 0 Å². The molecule has 1 aromatic heterocycles. The van der Waals surface area contributed by atoms with Crippen molar-refractivity contribution >= 4 is 11.5 Å². The van der Waals surface area contributed by atoms with E-state index in [1.165, 1.54) is 63.6 Å². The molecule has 12 heteroatoms. The molecule has 1 unspecified atom stereocenters. The van der Waals surface area contributed by atoms with Crippen molar-refractivity contribution in [2.75, 3.05) is 27.4 Å². The van der Waals surface area contributed by atoms with E-state index in [-0.39, 0.29) is 59.4 Å². The van der Waals surface area contributed by atoms with E-state index < -0.39 is 48.3 Å². The van der Waals surface area contributed by atoms with Crippen molar-refractivity contribution in [3.63, 3.8) is 0 Å². The largest absolute Gasteiger partial charge is 0.494 e. The van der Waals surface area contributed by atoms with E-state index >= 15 is 0 Å². The van der Waals surface area contributed by atoms with E-state index in [9.17, 15) is 31.9 Å². The van der Waals surface area contributed by atoms with Crippen LogP contribution >= 0.6 is 0 Å². The molecule has 2 aromatic rings. The zero-order chi connectivity index (χ0) is 30.7. The molecule has 0 bridgehead atoms. The highest BCUT2D eigenvalue weighted by Gasteiger charge is 2.57. The number of nitrogens with one attached hydrogen (secondary N) is 1. The van der Waals surface area contributed by atoms with Gasteiger partial charge in [-0.15, -0.1) is 0 Å². The van der Waals surface area contributed by atoms with Gasteiger partial charge in [0, 0.05) is 36.9 Å². The zero-order valence-electron chi connectivity index (χ0n) is 23.2. The average Bonchev–Trinajstić information content (AvgIpc) is 3.11. The Morgan fingerprint density at radius 3 is 2.40 bits per heavy atom. The minimum Gasteiger partial charge on any atom is -0.494 e. The fourth-order valence-corrected chi connectivity index (χ4v) is 4.62. The number of methoxy groups -OCH3 is 2. The van der Waals surface area contributed by atoms with E-state index in [0.29, 0.717) is 5.57 Å². The van der Waals surface area contributed by atoms with E-state index in [4.69, 9.17) is 14.2 Å². The second-order valence-electron chi connectivity index (χ2n) is 10.1. The van der Waals surface area contributed by atoms with Crippen LogP contribution in [0.4, 0.5) is 22.0 Å². The summed E-state index contributed by atoms with van der Waals surface area (Å²) >= 11 is 0. The first-order valence-electron chi connectivity index (χ1n) is 13.2. The summed E-state index contributed by atoms with van der Waals surface area (Å²) in [4.78, 5) is 17.2. The minimum atomic E-state index is -5.05. The molecular weight excluding hydrogens is 563 g/mol. The summed E-state index contributed by atoms with van der Waals surface area (Å²) in [6.07, 6.45) is -1.35. The SMILES string of the molecule is COc1cc(C(=O)NCC(CO)(c2ccc(OC)c(C3=CC(C)=C(F)CC=C3)n2)C(F)(F)F)ccc1OC1CC(F)C1. The van der Waals surface area contributed by atoms with Gasteiger partial charge in [0.25, 0.3) is 5.91 Å². The van der Waals surface area contributed by atoms with Crippen LogP contribution in [-0.4, -0.2) is 61.8 Å². The molecule has 226 valence electrons. The molecule has 7 nitrogen and oxygen atoms in total. The lowest BCUT2D eigenvalue weighted by Gasteiger charge is -2.34. The third-order valence-corrected chi connectivity index (χ3v) is 7.36. The number of amides is 1. The van der Waals surface area contributed by atoms with Crippen LogP contribution in [0.3, 0.4) is 0 Å². The summed E-state index contributed by atoms with van der Waals surface area (Å²) in [5.41, 5.74) is -2.97. The van der Waals surface area contributed by atoms with Crippen LogP contribution < -0.4 is 19.5 Å². The summed E-state index contributed by atoms with van der Waals surface area (Å²) in [5, 5.41) is 12.4. The fourth-order valence-electron chi connectivity index (χ4n) is 4.62. The van der Waals surface area contributed by atoms with Crippen molar-refractivity contribution in [1.82, 2.24) is 10.3 Å². The van der Waals surface area contributed by atoms with E-state index in [2.05, 4.69) is 10.3 Å². The average molecular weight is 595 g/mol. The third-order valence-electron chi connectivity index (χ3n) is 7.36. The molecule has 0 aliphatic heterocycles. The highest BCUT2D eigenvalue weighted by atomic mass is 19.4. The number of pyridine rings is 1. The van der Waals surface area contributed by atoms with Crippen molar-refractivity contribution in [3.8, 4) is 17.2 Å². The molecule has 2 N–H and O–H groups in total. The predicted octanol–water partition coefficient (Wildman–Crippen LogP) is 5.79. The van der Waals surface area contributed by atoms with Gasteiger partial charge >= 0.3 is 6.18 Å². The summed E-state index contributed by atoms with van der Waals surface area (Å²) in [6.45, 7) is -0.944. The number of aliphatic hydroxyl groups is 1. The van der Waals surface area contributed by atoms with Crippen molar-refractivity contribution in [3.05, 3.63) is 76.9 Å². The third kappa shape index (κ3) is 6.28. The molecule has 1 saturated carbocycles. The van der Waals surface area contributed by atoms with Crippen LogP contribution in [0.1, 0.15) is 47.9 Å². The van der Waals surface area contributed by atoms with Gasteiger partial charge in [-0.1, -0.05) is 12.2 Å². The lowest BCUT2D eigenvalue weighted by atomic mass is 9.83. The number of allylic oxidation sites excluding steroid dienone is 6. The number of carbonyl (C=O) groups is 1. The molecule has 1 aromatic carbocycles. The number of hydrogen-bond acceptors (Lipinski definition) is 6. The first-order valence-corrected chi connectivity index (χ1v) is 13.2. The van der Waals surface area contributed by atoms with Crippen LogP contribution in [0.2, 0.25) is 0 Å². The molecule has 42 heavy (non-hydrogen) atoms. The second-order valence-corrected chi connectivity index (χ2v) is 10.1. The molecule has 1 fully saturated rings. The number of nitrogens with zero attached hydrogens (tertiary/aromatic N) is 1. The van der Waals surface area contributed by atoms with Crippen molar-refractivity contribution in [2.24, 2.45) is 0 Å². The van der Waals surface area contributed by atoms with Crippen molar-refractivity contribution in [2.45, 2.75) is 50.1 Å². The molecule has 2 aliphatic carbocycles. The summed E-state index contributed by atoms with van der Waals surface area (Å²) < 4.78 is 87.6. The number of hydrogen-bond donors (Lipinski definition) is 2. The second kappa shape index (κ2) is 12.5. The van der Waals surface area contributed by atoms with Gasteiger partial charge in [0.15, 0.2) is 11.5 Å². The van der Waals surface area contributed by atoms with Crippen LogP contribution in [-0.2, 0) is 5.41 Å². The Morgan fingerprint density at radius 1 is 1.10 bits per heavy atom. The Labute approximate surface area is 239 Å². The number of ether oxygens (including phenoxy) is 3. The van der Waals surface area contributed by atoms with E-state index in [1.54, 1.807) is 0 Å². The molecular formula is C30H31F5N2O5.